The van der Waals surface area contributed by atoms with E-state index in [1.165, 1.54) is 22.5 Å². The molecule has 27 heavy (non-hydrogen) atoms. The second-order valence-electron chi connectivity index (χ2n) is 5.92. The summed E-state index contributed by atoms with van der Waals surface area (Å²) in [4.78, 5) is 12.5. The van der Waals surface area contributed by atoms with Crippen molar-refractivity contribution < 1.29 is 22.1 Å². The van der Waals surface area contributed by atoms with E-state index in [4.69, 9.17) is 16.1 Å². The lowest BCUT2D eigenvalue weighted by atomic mass is 10.0. The van der Waals surface area contributed by atoms with Gasteiger partial charge in [-0.2, -0.15) is 0 Å². The van der Waals surface area contributed by atoms with Crippen molar-refractivity contribution in [2.24, 2.45) is 0 Å². The van der Waals surface area contributed by atoms with Crippen molar-refractivity contribution in [3.63, 3.8) is 0 Å². The lowest BCUT2D eigenvalue weighted by molar-refractivity contribution is 0.0952. The number of rotatable bonds is 8. The number of hydrogen-bond acceptors (Lipinski definition) is 5. The predicted molar refractivity (Wildman–Crippen MR) is 101 cm³/mol. The molecule has 1 aromatic heterocycles. The normalized spacial score (nSPS) is 11.8. The highest BCUT2D eigenvalue weighted by Gasteiger charge is 2.25. The van der Waals surface area contributed by atoms with Crippen molar-refractivity contribution in [3.05, 3.63) is 40.4 Å². The zero-order chi connectivity index (χ0) is 20.2. The van der Waals surface area contributed by atoms with E-state index >= 15 is 0 Å². The van der Waals surface area contributed by atoms with Gasteiger partial charge in [0.25, 0.3) is 5.91 Å². The number of carbonyl (C=O) groups excluding carboxylic acids is 1. The van der Waals surface area contributed by atoms with Gasteiger partial charge in [0.1, 0.15) is 22.8 Å². The molecule has 0 aliphatic rings. The summed E-state index contributed by atoms with van der Waals surface area (Å²) >= 11 is 6.05. The van der Waals surface area contributed by atoms with Gasteiger partial charge in [-0.1, -0.05) is 29.7 Å². The molecule has 0 aliphatic carbocycles. The smallest absolute Gasteiger partial charge is 0.257 e. The van der Waals surface area contributed by atoms with E-state index in [0.29, 0.717) is 13.0 Å². The SMILES string of the molecule is CCN(CCCNC(=O)c1c(-c2c(F)cccc2Cl)noc1C)S(C)(=O)=O. The number of aryl methyl sites for hydroxylation is 1. The number of carbonyl (C=O) groups is 1. The second kappa shape index (κ2) is 8.81. The summed E-state index contributed by atoms with van der Waals surface area (Å²) < 4.78 is 43.7. The molecule has 1 N–H and O–H groups in total. The van der Waals surface area contributed by atoms with Gasteiger partial charge in [-0.25, -0.2) is 17.1 Å². The molecule has 0 saturated heterocycles. The van der Waals surface area contributed by atoms with Gasteiger partial charge in [0, 0.05) is 19.6 Å². The van der Waals surface area contributed by atoms with Crippen LogP contribution in [-0.4, -0.2) is 49.7 Å². The number of sulfonamides is 1. The molecule has 1 amide bonds. The average molecular weight is 418 g/mol. The third-order valence-corrected chi connectivity index (χ3v) is 5.67. The fraction of sp³-hybridized carbons (Fsp3) is 0.412. The minimum Gasteiger partial charge on any atom is -0.360 e. The Hall–Kier alpha value is -1.97. The van der Waals surface area contributed by atoms with E-state index < -0.39 is 21.7 Å². The van der Waals surface area contributed by atoms with E-state index in [1.54, 1.807) is 13.8 Å². The van der Waals surface area contributed by atoms with Gasteiger partial charge in [0.2, 0.25) is 10.0 Å². The van der Waals surface area contributed by atoms with Crippen LogP contribution in [0.15, 0.2) is 22.7 Å². The Morgan fingerprint density at radius 3 is 2.70 bits per heavy atom. The number of halogens is 2. The topological polar surface area (TPSA) is 92.5 Å². The Labute approximate surface area is 162 Å². The monoisotopic (exact) mass is 417 g/mol. The summed E-state index contributed by atoms with van der Waals surface area (Å²) in [7, 11) is -3.28. The molecule has 0 unspecified atom stereocenters. The van der Waals surface area contributed by atoms with Crippen LogP contribution in [0.2, 0.25) is 5.02 Å². The minimum absolute atomic E-state index is 0.00426. The third-order valence-electron chi connectivity index (χ3n) is 3.98. The summed E-state index contributed by atoms with van der Waals surface area (Å²) in [5, 5.41) is 6.58. The fourth-order valence-corrected chi connectivity index (χ4v) is 3.82. The van der Waals surface area contributed by atoms with E-state index in [9.17, 15) is 17.6 Å². The molecular weight excluding hydrogens is 397 g/mol. The van der Waals surface area contributed by atoms with Gasteiger partial charge in [0.05, 0.1) is 16.8 Å². The fourth-order valence-electron chi connectivity index (χ4n) is 2.64. The van der Waals surface area contributed by atoms with E-state index in [2.05, 4.69) is 10.5 Å². The van der Waals surface area contributed by atoms with Crippen molar-refractivity contribution >= 4 is 27.5 Å². The van der Waals surface area contributed by atoms with Crippen molar-refractivity contribution in [2.75, 3.05) is 25.9 Å². The van der Waals surface area contributed by atoms with Crippen molar-refractivity contribution in [1.29, 1.82) is 0 Å². The summed E-state index contributed by atoms with van der Waals surface area (Å²) in [6.45, 7) is 4.16. The van der Waals surface area contributed by atoms with E-state index in [0.717, 1.165) is 6.26 Å². The number of nitrogens with zero attached hydrogens (tertiary/aromatic N) is 2. The Balaban J connectivity index is 2.11. The van der Waals surface area contributed by atoms with Gasteiger partial charge in [-0.3, -0.25) is 4.79 Å². The summed E-state index contributed by atoms with van der Waals surface area (Å²) in [6, 6.07) is 4.17. The molecule has 0 atom stereocenters. The van der Waals surface area contributed by atoms with Crippen LogP contribution in [0, 0.1) is 12.7 Å². The maximum atomic E-state index is 14.2. The minimum atomic E-state index is -3.28. The van der Waals surface area contributed by atoms with Gasteiger partial charge < -0.3 is 9.84 Å². The lowest BCUT2D eigenvalue weighted by Gasteiger charge is -2.17. The number of hydrogen-bond donors (Lipinski definition) is 1. The Kier molecular flexibility index (Phi) is 6.96. The quantitative estimate of drug-likeness (QED) is 0.666. The van der Waals surface area contributed by atoms with Gasteiger partial charge in [0.15, 0.2) is 0 Å². The van der Waals surface area contributed by atoms with E-state index in [1.807, 2.05) is 0 Å². The Morgan fingerprint density at radius 1 is 1.41 bits per heavy atom. The molecule has 0 bridgehead atoms. The second-order valence-corrected chi connectivity index (χ2v) is 8.31. The van der Waals surface area contributed by atoms with Crippen LogP contribution >= 0.6 is 11.6 Å². The average Bonchev–Trinajstić information content (AvgIpc) is 2.94. The maximum Gasteiger partial charge on any atom is 0.257 e. The first-order valence-corrected chi connectivity index (χ1v) is 10.5. The molecule has 0 radical (unpaired) electrons. The molecule has 10 heteroatoms. The van der Waals surface area contributed by atoms with Crippen LogP contribution in [0.5, 0.6) is 0 Å². The first kappa shape index (κ1) is 21.3. The Morgan fingerprint density at radius 2 is 2.11 bits per heavy atom. The summed E-state index contributed by atoms with van der Waals surface area (Å²) in [6.07, 6.45) is 1.56. The van der Waals surface area contributed by atoms with Crippen LogP contribution in [0.25, 0.3) is 11.3 Å². The first-order chi connectivity index (χ1) is 12.7. The summed E-state index contributed by atoms with van der Waals surface area (Å²) in [5.41, 5.74) is 0.118. The zero-order valence-electron chi connectivity index (χ0n) is 15.3. The molecule has 0 saturated carbocycles. The molecule has 2 rings (SSSR count). The first-order valence-electron chi connectivity index (χ1n) is 8.30. The molecule has 1 aromatic carbocycles. The molecule has 0 fully saturated rings. The highest BCUT2D eigenvalue weighted by atomic mass is 35.5. The van der Waals surface area contributed by atoms with Crippen LogP contribution < -0.4 is 5.32 Å². The highest BCUT2D eigenvalue weighted by Crippen LogP contribution is 2.33. The number of aromatic nitrogens is 1. The van der Waals surface area contributed by atoms with Crippen molar-refractivity contribution in [1.82, 2.24) is 14.8 Å². The Bertz CT molecular complexity index is 910. The predicted octanol–water partition coefficient (Wildman–Crippen LogP) is 2.84. The van der Waals surface area contributed by atoms with Gasteiger partial charge in [-0.05, 0) is 25.5 Å². The third kappa shape index (κ3) is 5.06. The molecule has 7 nitrogen and oxygen atoms in total. The van der Waals surface area contributed by atoms with Gasteiger partial charge in [-0.15, -0.1) is 0 Å². The van der Waals surface area contributed by atoms with Gasteiger partial charge >= 0.3 is 0 Å². The summed E-state index contributed by atoms with van der Waals surface area (Å²) in [5.74, 6) is -0.879. The van der Waals surface area contributed by atoms with Crippen LogP contribution in [0.4, 0.5) is 4.39 Å². The van der Waals surface area contributed by atoms with Crippen molar-refractivity contribution in [3.8, 4) is 11.3 Å². The van der Waals surface area contributed by atoms with Crippen molar-refractivity contribution in [2.45, 2.75) is 20.3 Å². The van der Waals surface area contributed by atoms with Crippen LogP contribution in [0.1, 0.15) is 29.5 Å². The largest absolute Gasteiger partial charge is 0.360 e. The lowest BCUT2D eigenvalue weighted by Crippen LogP contribution is -2.33. The number of benzene rings is 1. The highest BCUT2D eigenvalue weighted by molar-refractivity contribution is 7.88. The zero-order valence-corrected chi connectivity index (χ0v) is 16.8. The maximum absolute atomic E-state index is 14.2. The molecular formula is C17H21ClFN3O4S. The van der Waals surface area contributed by atoms with Crippen LogP contribution in [-0.2, 0) is 10.0 Å². The molecule has 2 aromatic rings. The molecule has 1 heterocycles. The molecule has 0 spiro atoms. The molecule has 0 aliphatic heterocycles. The molecule has 148 valence electrons. The van der Waals surface area contributed by atoms with Crippen LogP contribution in [0.3, 0.4) is 0 Å². The number of amides is 1. The van der Waals surface area contributed by atoms with E-state index in [-0.39, 0.29) is 40.7 Å². The standard InChI is InChI=1S/C17H21ClFN3O4S/c1-4-22(27(3,24)25)10-6-9-20-17(23)14-11(2)26-21-16(14)15-12(18)7-5-8-13(15)19/h5,7-8H,4,6,9-10H2,1-3H3,(H,20,23). The number of nitrogens with one attached hydrogen (secondary N) is 1.